The number of rotatable bonds is 1. The minimum absolute atomic E-state index is 0.615. The summed E-state index contributed by atoms with van der Waals surface area (Å²) in [6.45, 7) is 3.72. The van der Waals surface area contributed by atoms with Crippen LogP contribution in [-0.2, 0) is 0 Å². The molecule has 2 aliphatic heterocycles. The third-order valence-electron chi connectivity index (χ3n) is 3.18. The first-order valence-electron chi connectivity index (χ1n) is 4.96. The summed E-state index contributed by atoms with van der Waals surface area (Å²) in [7, 11) is 0. The van der Waals surface area contributed by atoms with E-state index in [1.807, 2.05) is 0 Å². The molecular weight excluding hydrogens is 168 g/mol. The van der Waals surface area contributed by atoms with E-state index in [1.165, 1.54) is 17.7 Å². The van der Waals surface area contributed by atoms with E-state index in [-0.39, 0.29) is 0 Å². The molecule has 0 aromatic carbocycles. The van der Waals surface area contributed by atoms with Crippen molar-refractivity contribution in [1.82, 2.24) is 10.2 Å². The highest BCUT2D eigenvalue weighted by Crippen LogP contribution is 2.28. The monoisotopic (exact) mass is 184 g/mol. The second kappa shape index (κ2) is 3.54. The number of carboxylic acid groups (broad SMARTS) is 1. The number of hydrogen-bond acceptors (Lipinski definition) is 2. The molecule has 2 aliphatic rings. The largest absolute Gasteiger partial charge is 0.465 e. The van der Waals surface area contributed by atoms with Gasteiger partial charge in [-0.05, 0) is 37.8 Å². The molecule has 2 fully saturated rings. The van der Waals surface area contributed by atoms with E-state index in [2.05, 4.69) is 5.32 Å². The van der Waals surface area contributed by atoms with Crippen LogP contribution in [0.2, 0.25) is 0 Å². The molecule has 1 amide bonds. The zero-order chi connectivity index (χ0) is 9.26. The lowest BCUT2D eigenvalue weighted by atomic mass is 9.81. The average Bonchev–Trinajstić information content (AvgIpc) is 2.02. The molecule has 1 atom stereocenters. The molecule has 0 aliphatic carbocycles. The molecule has 0 bridgehead atoms. The van der Waals surface area contributed by atoms with Gasteiger partial charge in [0.25, 0.3) is 0 Å². The molecule has 0 aromatic rings. The lowest BCUT2D eigenvalue weighted by Gasteiger charge is -2.43. The van der Waals surface area contributed by atoms with Gasteiger partial charge in [-0.1, -0.05) is 0 Å². The van der Waals surface area contributed by atoms with Gasteiger partial charge >= 0.3 is 6.09 Å². The Bertz CT molecular complexity index is 196. The minimum Gasteiger partial charge on any atom is -0.465 e. The highest BCUT2D eigenvalue weighted by Gasteiger charge is 2.36. The van der Waals surface area contributed by atoms with Crippen LogP contribution in [0.3, 0.4) is 0 Å². The Morgan fingerprint density at radius 2 is 2.15 bits per heavy atom. The van der Waals surface area contributed by atoms with Crippen molar-refractivity contribution >= 4 is 6.09 Å². The first-order chi connectivity index (χ1) is 6.27. The van der Waals surface area contributed by atoms with Gasteiger partial charge in [0.15, 0.2) is 0 Å². The highest BCUT2D eigenvalue weighted by molar-refractivity contribution is 5.66. The van der Waals surface area contributed by atoms with Gasteiger partial charge in [0.2, 0.25) is 0 Å². The summed E-state index contributed by atoms with van der Waals surface area (Å²) in [4.78, 5) is 12.0. The predicted molar refractivity (Wildman–Crippen MR) is 48.7 cm³/mol. The Morgan fingerprint density at radius 3 is 2.69 bits per heavy atom. The average molecular weight is 184 g/mol. The van der Waals surface area contributed by atoms with Crippen molar-refractivity contribution < 1.29 is 9.90 Å². The summed E-state index contributed by atoms with van der Waals surface area (Å²) < 4.78 is 0. The molecule has 2 heterocycles. The van der Waals surface area contributed by atoms with E-state index in [0.717, 1.165) is 26.2 Å². The molecule has 2 rings (SSSR count). The Kier molecular flexibility index (Phi) is 2.40. The van der Waals surface area contributed by atoms with Crippen LogP contribution in [0.1, 0.15) is 12.8 Å². The Morgan fingerprint density at radius 1 is 1.38 bits per heavy atom. The topological polar surface area (TPSA) is 52.6 Å². The zero-order valence-corrected chi connectivity index (χ0v) is 7.70. The van der Waals surface area contributed by atoms with Crippen LogP contribution in [0.25, 0.3) is 0 Å². The van der Waals surface area contributed by atoms with Crippen LogP contribution >= 0.6 is 0 Å². The van der Waals surface area contributed by atoms with Gasteiger partial charge in [-0.25, -0.2) is 4.79 Å². The molecular formula is C9H16N2O2. The molecule has 2 N–H and O–H groups in total. The summed E-state index contributed by atoms with van der Waals surface area (Å²) in [6.07, 6.45) is 1.75. The smallest absolute Gasteiger partial charge is 0.407 e. The van der Waals surface area contributed by atoms with Gasteiger partial charge in [0, 0.05) is 13.1 Å². The lowest BCUT2D eigenvalue weighted by Crippen LogP contribution is -2.54. The van der Waals surface area contributed by atoms with E-state index in [0.29, 0.717) is 11.8 Å². The third-order valence-corrected chi connectivity index (χ3v) is 3.18. The van der Waals surface area contributed by atoms with Crippen LogP contribution < -0.4 is 5.32 Å². The van der Waals surface area contributed by atoms with Crippen LogP contribution in [0, 0.1) is 11.8 Å². The molecule has 13 heavy (non-hydrogen) atoms. The van der Waals surface area contributed by atoms with Gasteiger partial charge in [-0.3, -0.25) is 0 Å². The van der Waals surface area contributed by atoms with Crippen LogP contribution in [-0.4, -0.2) is 42.3 Å². The maximum atomic E-state index is 10.5. The van der Waals surface area contributed by atoms with Crippen molar-refractivity contribution in [1.29, 1.82) is 0 Å². The van der Waals surface area contributed by atoms with E-state index in [1.54, 1.807) is 0 Å². The second-order valence-corrected chi connectivity index (χ2v) is 4.05. The van der Waals surface area contributed by atoms with Crippen molar-refractivity contribution in [2.24, 2.45) is 11.8 Å². The van der Waals surface area contributed by atoms with Gasteiger partial charge in [0.1, 0.15) is 0 Å². The fourth-order valence-corrected chi connectivity index (χ4v) is 2.25. The number of likely N-dealkylation sites (tertiary alicyclic amines) is 1. The third kappa shape index (κ3) is 1.77. The summed E-state index contributed by atoms with van der Waals surface area (Å²) in [6, 6.07) is 0. The Hall–Kier alpha value is -0.770. The predicted octanol–water partition coefficient (Wildman–Crippen LogP) is 0.596. The van der Waals surface area contributed by atoms with E-state index < -0.39 is 6.09 Å². The molecule has 1 unspecified atom stereocenters. The van der Waals surface area contributed by atoms with Gasteiger partial charge in [-0.15, -0.1) is 0 Å². The SMILES string of the molecule is O=C(O)N1CC(C2CCCNC2)C1. The highest BCUT2D eigenvalue weighted by atomic mass is 16.4. The molecule has 0 radical (unpaired) electrons. The maximum Gasteiger partial charge on any atom is 0.407 e. The quantitative estimate of drug-likeness (QED) is 0.627. The summed E-state index contributed by atoms with van der Waals surface area (Å²) >= 11 is 0. The van der Waals surface area contributed by atoms with Crippen molar-refractivity contribution in [3.05, 3.63) is 0 Å². The van der Waals surface area contributed by atoms with Crippen molar-refractivity contribution in [3.8, 4) is 0 Å². The summed E-state index contributed by atoms with van der Waals surface area (Å²) in [5, 5.41) is 12.0. The lowest BCUT2D eigenvalue weighted by molar-refractivity contribution is 0.0478. The number of nitrogens with one attached hydrogen (secondary N) is 1. The summed E-state index contributed by atoms with van der Waals surface area (Å²) in [5.74, 6) is 1.33. The minimum atomic E-state index is -0.764. The molecule has 74 valence electrons. The number of hydrogen-bond donors (Lipinski definition) is 2. The van der Waals surface area contributed by atoms with Gasteiger partial charge in [0.05, 0.1) is 0 Å². The number of nitrogens with zero attached hydrogens (tertiary/aromatic N) is 1. The number of amides is 1. The van der Waals surface area contributed by atoms with Crippen molar-refractivity contribution in [2.75, 3.05) is 26.2 Å². The normalized spacial score (nSPS) is 29.8. The van der Waals surface area contributed by atoms with Crippen LogP contribution in [0.5, 0.6) is 0 Å². The molecule has 4 heteroatoms. The van der Waals surface area contributed by atoms with Crippen LogP contribution in [0.4, 0.5) is 4.79 Å². The van der Waals surface area contributed by atoms with E-state index in [4.69, 9.17) is 5.11 Å². The Balaban J connectivity index is 1.75. The maximum absolute atomic E-state index is 10.5. The Labute approximate surface area is 77.9 Å². The van der Waals surface area contributed by atoms with E-state index >= 15 is 0 Å². The van der Waals surface area contributed by atoms with Gasteiger partial charge < -0.3 is 15.3 Å². The first kappa shape index (κ1) is 8.81. The molecule has 0 aromatic heterocycles. The zero-order valence-electron chi connectivity index (χ0n) is 7.70. The first-order valence-corrected chi connectivity index (χ1v) is 4.96. The molecule has 0 saturated carbocycles. The van der Waals surface area contributed by atoms with Gasteiger partial charge in [-0.2, -0.15) is 0 Å². The fraction of sp³-hybridized carbons (Fsp3) is 0.889. The standard InChI is InChI=1S/C9H16N2O2/c12-9(13)11-5-8(6-11)7-2-1-3-10-4-7/h7-8,10H,1-6H2,(H,12,13). The summed E-state index contributed by atoms with van der Waals surface area (Å²) in [5.41, 5.74) is 0. The van der Waals surface area contributed by atoms with E-state index in [9.17, 15) is 4.79 Å². The number of piperidine rings is 1. The van der Waals surface area contributed by atoms with Crippen LogP contribution in [0.15, 0.2) is 0 Å². The molecule has 4 nitrogen and oxygen atoms in total. The van der Waals surface area contributed by atoms with Crippen molar-refractivity contribution in [3.63, 3.8) is 0 Å². The second-order valence-electron chi connectivity index (χ2n) is 4.05. The molecule has 0 spiro atoms. The van der Waals surface area contributed by atoms with Crippen molar-refractivity contribution in [2.45, 2.75) is 12.8 Å². The fourth-order valence-electron chi connectivity index (χ4n) is 2.25. The molecule has 2 saturated heterocycles. The number of carbonyl (C=O) groups is 1.